The van der Waals surface area contributed by atoms with Gasteiger partial charge in [0.25, 0.3) is 0 Å². The second-order valence-corrected chi connectivity index (χ2v) is 7.92. The standard InChI is InChI=1S/C25H33N5O/c1-18(2)31-17-22-12-10-21(11-13-22)15-27-25(26-5)28-16-23-8-6-7-9-24(23)30-20(4)14-19(3)29-30/h6-14,18H,15-17H2,1-5H3,(H2,26,27,28). The number of para-hydroxylation sites is 1. The van der Waals surface area contributed by atoms with E-state index in [0.717, 1.165) is 28.6 Å². The molecule has 2 N–H and O–H groups in total. The minimum Gasteiger partial charge on any atom is -0.374 e. The minimum atomic E-state index is 0.238. The third kappa shape index (κ3) is 6.43. The monoisotopic (exact) mass is 419 g/mol. The van der Waals surface area contributed by atoms with Gasteiger partial charge >= 0.3 is 0 Å². The summed E-state index contributed by atoms with van der Waals surface area (Å²) in [6, 6.07) is 18.9. The molecule has 6 heteroatoms. The third-order valence-corrected chi connectivity index (χ3v) is 4.97. The molecule has 0 saturated heterocycles. The molecule has 3 aromatic rings. The molecule has 31 heavy (non-hydrogen) atoms. The molecule has 0 fully saturated rings. The van der Waals surface area contributed by atoms with Gasteiger partial charge in [-0.2, -0.15) is 5.10 Å². The van der Waals surface area contributed by atoms with Crippen LogP contribution in [0.15, 0.2) is 59.6 Å². The Morgan fingerprint density at radius 1 is 1.00 bits per heavy atom. The van der Waals surface area contributed by atoms with Crippen LogP contribution in [0.5, 0.6) is 0 Å². The molecular formula is C25H33N5O. The molecule has 1 heterocycles. The van der Waals surface area contributed by atoms with Gasteiger partial charge < -0.3 is 15.4 Å². The minimum absolute atomic E-state index is 0.238. The van der Waals surface area contributed by atoms with E-state index >= 15 is 0 Å². The second-order valence-electron chi connectivity index (χ2n) is 7.92. The van der Waals surface area contributed by atoms with Crippen LogP contribution in [0.1, 0.15) is 41.9 Å². The summed E-state index contributed by atoms with van der Waals surface area (Å²) in [5.41, 5.74) is 6.75. The van der Waals surface area contributed by atoms with Crippen LogP contribution in [0, 0.1) is 13.8 Å². The van der Waals surface area contributed by atoms with Crippen LogP contribution < -0.4 is 10.6 Å². The van der Waals surface area contributed by atoms with Crippen LogP contribution in [-0.4, -0.2) is 28.9 Å². The first-order valence-corrected chi connectivity index (χ1v) is 10.7. The molecule has 0 amide bonds. The molecule has 0 atom stereocenters. The van der Waals surface area contributed by atoms with E-state index in [-0.39, 0.29) is 6.10 Å². The van der Waals surface area contributed by atoms with Crippen LogP contribution in [0.25, 0.3) is 5.69 Å². The van der Waals surface area contributed by atoms with Crippen molar-refractivity contribution >= 4 is 5.96 Å². The smallest absolute Gasteiger partial charge is 0.191 e. The highest BCUT2D eigenvalue weighted by Gasteiger charge is 2.09. The summed E-state index contributed by atoms with van der Waals surface area (Å²) < 4.78 is 7.65. The summed E-state index contributed by atoms with van der Waals surface area (Å²) in [6.45, 7) is 10.2. The van der Waals surface area contributed by atoms with Crippen molar-refractivity contribution in [1.29, 1.82) is 0 Å². The Hall–Kier alpha value is -3.12. The van der Waals surface area contributed by atoms with Gasteiger partial charge in [0, 0.05) is 25.8 Å². The zero-order valence-electron chi connectivity index (χ0n) is 19.1. The maximum atomic E-state index is 5.66. The van der Waals surface area contributed by atoms with Crippen LogP contribution >= 0.6 is 0 Å². The van der Waals surface area contributed by atoms with Gasteiger partial charge in [0.05, 0.1) is 24.1 Å². The Bertz CT molecular complexity index is 1010. The number of aryl methyl sites for hydroxylation is 2. The van der Waals surface area contributed by atoms with Crippen LogP contribution in [0.4, 0.5) is 0 Å². The van der Waals surface area contributed by atoms with E-state index in [2.05, 4.69) is 70.1 Å². The molecule has 0 spiro atoms. The Morgan fingerprint density at radius 3 is 2.32 bits per heavy atom. The first-order valence-electron chi connectivity index (χ1n) is 10.7. The molecule has 0 aliphatic carbocycles. The molecule has 0 bridgehead atoms. The number of ether oxygens (including phenoxy) is 1. The summed E-state index contributed by atoms with van der Waals surface area (Å²) in [6.07, 6.45) is 0.238. The zero-order valence-corrected chi connectivity index (χ0v) is 19.1. The first-order chi connectivity index (χ1) is 15.0. The summed E-state index contributed by atoms with van der Waals surface area (Å²) >= 11 is 0. The number of nitrogens with one attached hydrogen (secondary N) is 2. The Morgan fingerprint density at radius 2 is 1.68 bits per heavy atom. The van der Waals surface area contributed by atoms with Crippen molar-refractivity contribution < 1.29 is 4.74 Å². The molecule has 6 nitrogen and oxygen atoms in total. The van der Waals surface area contributed by atoms with Crippen LogP contribution in [0.2, 0.25) is 0 Å². The molecule has 3 rings (SSSR count). The van der Waals surface area contributed by atoms with E-state index in [9.17, 15) is 0 Å². The van der Waals surface area contributed by atoms with Gasteiger partial charge in [-0.3, -0.25) is 4.99 Å². The molecule has 2 aromatic carbocycles. The normalized spacial score (nSPS) is 11.7. The lowest BCUT2D eigenvalue weighted by Crippen LogP contribution is -2.36. The average molecular weight is 420 g/mol. The summed E-state index contributed by atoms with van der Waals surface area (Å²) in [5, 5.41) is 11.4. The quantitative estimate of drug-likeness (QED) is 0.423. The van der Waals surface area contributed by atoms with Crippen molar-refractivity contribution in [3.05, 3.63) is 82.7 Å². The fourth-order valence-electron chi connectivity index (χ4n) is 3.34. The number of nitrogens with zero attached hydrogens (tertiary/aromatic N) is 3. The summed E-state index contributed by atoms with van der Waals surface area (Å²) in [4.78, 5) is 4.36. The van der Waals surface area contributed by atoms with E-state index in [1.807, 2.05) is 37.6 Å². The van der Waals surface area contributed by atoms with Crippen molar-refractivity contribution in [2.75, 3.05) is 7.05 Å². The highest BCUT2D eigenvalue weighted by Crippen LogP contribution is 2.17. The van der Waals surface area contributed by atoms with Crippen LogP contribution in [0.3, 0.4) is 0 Å². The SMILES string of the molecule is CN=C(NCc1ccc(COC(C)C)cc1)NCc1ccccc1-n1nc(C)cc1C. The van der Waals surface area contributed by atoms with Gasteiger partial charge in [0.2, 0.25) is 0 Å². The Kier molecular flexibility index (Phi) is 7.84. The average Bonchev–Trinajstić information content (AvgIpc) is 3.11. The lowest BCUT2D eigenvalue weighted by molar-refractivity contribution is 0.0657. The highest BCUT2D eigenvalue weighted by atomic mass is 16.5. The van der Waals surface area contributed by atoms with E-state index in [4.69, 9.17) is 4.74 Å². The van der Waals surface area contributed by atoms with Crippen molar-refractivity contribution in [2.24, 2.45) is 4.99 Å². The van der Waals surface area contributed by atoms with Crippen molar-refractivity contribution in [3.8, 4) is 5.69 Å². The van der Waals surface area contributed by atoms with Gasteiger partial charge in [-0.25, -0.2) is 4.68 Å². The van der Waals surface area contributed by atoms with E-state index in [1.54, 1.807) is 7.05 Å². The van der Waals surface area contributed by atoms with E-state index in [0.29, 0.717) is 19.7 Å². The predicted molar refractivity (Wildman–Crippen MR) is 126 cm³/mol. The fourth-order valence-corrected chi connectivity index (χ4v) is 3.34. The van der Waals surface area contributed by atoms with Crippen molar-refractivity contribution in [3.63, 3.8) is 0 Å². The largest absolute Gasteiger partial charge is 0.374 e. The van der Waals surface area contributed by atoms with Gasteiger partial charge in [-0.1, -0.05) is 42.5 Å². The lowest BCUT2D eigenvalue weighted by atomic mass is 10.1. The maximum absolute atomic E-state index is 5.66. The number of hydrogen-bond acceptors (Lipinski definition) is 3. The predicted octanol–water partition coefficient (Wildman–Crippen LogP) is 4.28. The molecule has 1 aromatic heterocycles. The second kappa shape index (κ2) is 10.8. The molecule has 0 radical (unpaired) electrons. The third-order valence-electron chi connectivity index (χ3n) is 4.97. The molecule has 0 saturated carbocycles. The van der Waals surface area contributed by atoms with Crippen molar-refractivity contribution in [1.82, 2.24) is 20.4 Å². The van der Waals surface area contributed by atoms with Gasteiger partial charge in [-0.05, 0) is 56.5 Å². The summed E-state index contributed by atoms with van der Waals surface area (Å²) in [5.74, 6) is 0.760. The van der Waals surface area contributed by atoms with Gasteiger partial charge in [0.1, 0.15) is 0 Å². The number of aliphatic imine (C=N–C) groups is 1. The Balaban J connectivity index is 1.58. The molecule has 164 valence electrons. The first kappa shape index (κ1) is 22.6. The number of aromatic nitrogens is 2. The number of guanidine groups is 1. The summed E-state index contributed by atoms with van der Waals surface area (Å²) in [7, 11) is 1.79. The maximum Gasteiger partial charge on any atom is 0.191 e. The molecule has 0 aliphatic rings. The van der Waals surface area contributed by atoms with Gasteiger partial charge in [0.15, 0.2) is 5.96 Å². The molecular weight excluding hydrogens is 386 g/mol. The Labute approximate surface area is 185 Å². The number of rotatable bonds is 8. The van der Waals surface area contributed by atoms with E-state index in [1.165, 1.54) is 11.1 Å². The molecule has 0 aliphatic heterocycles. The van der Waals surface area contributed by atoms with Gasteiger partial charge in [-0.15, -0.1) is 0 Å². The van der Waals surface area contributed by atoms with Crippen molar-refractivity contribution in [2.45, 2.75) is 53.5 Å². The molecule has 0 unspecified atom stereocenters. The fraction of sp³-hybridized carbons (Fsp3) is 0.360. The number of benzene rings is 2. The number of hydrogen-bond donors (Lipinski definition) is 2. The van der Waals surface area contributed by atoms with Crippen LogP contribution in [-0.2, 0) is 24.4 Å². The topological polar surface area (TPSA) is 63.5 Å². The van der Waals surface area contributed by atoms with E-state index < -0.39 is 0 Å². The lowest BCUT2D eigenvalue weighted by Gasteiger charge is -2.15. The highest BCUT2D eigenvalue weighted by molar-refractivity contribution is 5.79. The zero-order chi connectivity index (χ0) is 22.2.